The van der Waals surface area contributed by atoms with Crippen molar-refractivity contribution in [1.29, 1.82) is 0 Å². The standard InChI is InChI=1S/C12H22N12S2/c1-11(2,7-15-21-22-16-7)5-13-9(25)19-20-10(26)14-6-12(3,4)8-17-23-24-18-8/h5-6H2,1-4H3,(H2,13,19,25)(H2,14,20,26)(H,15,16,21,22)(H,17,18,23,24). The predicted molar refractivity (Wildman–Crippen MR) is 102 cm³/mol. The molecule has 0 unspecified atom stereocenters. The van der Waals surface area contributed by atoms with Crippen LogP contribution in [-0.2, 0) is 10.8 Å². The first-order chi connectivity index (χ1) is 12.2. The third kappa shape index (κ3) is 5.52. The van der Waals surface area contributed by atoms with Crippen LogP contribution in [-0.4, -0.2) is 64.6 Å². The Hall–Kier alpha value is -2.48. The maximum atomic E-state index is 5.22. The maximum Gasteiger partial charge on any atom is 0.185 e. The summed E-state index contributed by atoms with van der Waals surface area (Å²) in [5.41, 5.74) is 4.97. The highest BCUT2D eigenvalue weighted by Gasteiger charge is 2.26. The summed E-state index contributed by atoms with van der Waals surface area (Å²) in [5.74, 6) is 1.20. The fourth-order valence-corrected chi connectivity index (χ4v) is 2.11. The number of thiocarbonyl (C=S) groups is 2. The van der Waals surface area contributed by atoms with Crippen molar-refractivity contribution in [3.8, 4) is 0 Å². The molecule has 0 aliphatic heterocycles. The van der Waals surface area contributed by atoms with Gasteiger partial charge in [-0.1, -0.05) is 38.1 Å². The van der Waals surface area contributed by atoms with E-state index in [9.17, 15) is 0 Å². The number of tetrazole rings is 2. The van der Waals surface area contributed by atoms with E-state index in [0.29, 0.717) is 35.0 Å². The fraction of sp³-hybridized carbons (Fsp3) is 0.667. The third-order valence-electron chi connectivity index (χ3n) is 3.57. The molecule has 0 radical (unpaired) electrons. The van der Waals surface area contributed by atoms with Crippen molar-refractivity contribution >= 4 is 34.7 Å². The van der Waals surface area contributed by atoms with Gasteiger partial charge in [-0.2, -0.15) is 10.4 Å². The molecule has 26 heavy (non-hydrogen) atoms. The molecule has 0 bridgehead atoms. The highest BCUT2D eigenvalue weighted by molar-refractivity contribution is 7.80. The summed E-state index contributed by atoms with van der Waals surface area (Å²) in [6, 6.07) is 0. The zero-order valence-electron chi connectivity index (χ0n) is 14.9. The summed E-state index contributed by atoms with van der Waals surface area (Å²) in [6.07, 6.45) is 0. The van der Waals surface area contributed by atoms with Crippen LogP contribution < -0.4 is 21.5 Å². The topological polar surface area (TPSA) is 157 Å². The van der Waals surface area contributed by atoms with E-state index >= 15 is 0 Å². The first-order valence-electron chi connectivity index (χ1n) is 7.76. The lowest BCUT2D eigenvalue weighted by molar-refractivity contribution is 0.475. The minimum absolute atomic E-state index is 0.341. The molecule has 0 atom stereocenters. The van der Waals surface area contributed by atoms with E-state index in [1.165, 1.54) is 0 Å². The average molecular weight is 399 g/mol. The molecule has 0 saturated carbocycles. The number of H-pyrrole nitrogens is 2. The highest BCUT2D eigenvalue weighted by Crippen LogP contribution is 2.17. The quantitative estimate of drug-likeness (QED) is 0.256. The Morgan fingerprint density at radius 1 is 0.808 bits per heavy atom. The lowest BCUT2D eigenvalue weighted by Crippen LogP contribution is -2.53. The van der Waals surface area contributed by atoms with Crippen molar-refractivity contribution in [3.05, 3.63) is 11.6 Å². The van der Waals surface area contributed by atoms with Gasteiger partial charge in [0.15, 0.2) is 21.9 Å². The molecule has 0 saturated heterocycles. The molecule has 0 fully saturated rings. The van der Waals surface area contributed by atoms with E-state index in [4.69, 9.17) is 24.4 Å². The molecular formula is C12H22N12S2. The van der Waals surface area contributed by atoms with E-state index in [1.54, 1.807) is 0 Å². The number of rotatable bonds is 6. The summed E-state index contributed by atoms with van der Waals surface area (Å²) >= 11 is 10.4. The SMILES string of the molecule is CC(C)(CNC(=S)NNC(=S)NCC(C)(C)c1nn[nH]n1)c1nn[nH]n1. The molecule has 142 valence electrons. The van der Waals surface area contributed by atoms with Gasteiger partial charge in [0, 0.05) is 23.9 Å². The number of aromatic nitrogens is 8. The van der Waals surface area contributed by atoms with Crippen LogP contribution in [0.5, 0.6) is 0 Å². The lowest BCUT2D eigenvalue weighted by Gasteiger charge is -2.24. The molecule has 0 aliphatic rings. The van der Waals surface area contributed by atoms with Crippen LogP contribution in [0.25, 0.3) is 0 Å². The second-order valence-electron chi connectivity index (χ2n) is 6.85. The lowest BCUT2D eigenvalue weighted by atomic mass is 9.93. The van der Waals surface area contributed by atoms with Gasteiger partial charge in [-0.25, -0.2) is 0 Å². The van der Waals surface area contributed by atoms with E-state index < -0.39 is 0 Å². The molecule has 0 aliphatic carbocycles. The van der Waals surface area contributed by atoms with E-state index in [2.05, 4.69) is 62.7 Å². The average Bonchev–Trinajstić information content (AvgIpc) is 3.30. The zero-order valence-corrected chi connectivity index (χ0v) is 16.5. The van der Waals surface area contributed by atoms with Gasteiger partial charge in [-0.3, -0.25) is 10.9 Å². The van der Waals surface area contributed by atoms with Gasteiger partial charge in [0.1, 0.15) is 0 Å². The smallest absolute Gasteiger partial charge is 0.185 e. The van der Waals surface area contributed by atoms with Crippen molar-refractivity contribution in [2.24, 2.45) is 0 Å². The maximum absolute atomic E-state index is 5.22. The van der Waals surface area contributed by atoms with Gasteiger partial charge in [0.2, 0.25) is 0 Å². The van der Waals surface area contributed by atoms with Gasteiger partial charge in [0.05, 0.1) is 0 Å². The third-order valence-corrected chi connectivity index (χ3v) is 4.07. The van der Waals surface area contributed by atoms with Crippen molar-refractivity contribution in [2.75, 3.05) is 13.1 Å². The van der Waals surface area contributed by atoms with E-state index in [-0.39, 0.29) is 10.8 Å². The Balaban J connectivity index is 1.69. The van der Waals surface area contributed by atoms with Crippen LogP contribution in [0, 0.1) is 0 Å². The van der Waals surface area contributed by atoms with Crippen LogP contribution >= 0.6 is 24.4 Å². The number of nitrogens with one attached hydrogen (secondary N) is 6. The molecule has 2 heterocycles. The molecule has 0 amide bonds. The second kappa shape index (κ2) is 8.27. The summed E-state index contributed by atoms with van der Waals surface area (Å²) in [6.45, 7) is 8.95. The molecule has 2 rings (SSSR count). The molecular weight excluding hydrogens is 376 g/mol. The zero-order chi connectivity index (χ0) is 19.2. The molecule has 2 aromatic rings. The molecule has 6 N–H and O–H groups in total. The van der Waals surface area contributed by atoms with Crippen LogP contribution in [0.1, 0.15) is 39.3 Å². The largest absolute Gasteiger partial charge is 0.360 e. The van der Waals surface area contributed by atoms with E-state index in [1.807, 2.05) is 27.7 Å². The van der Waals surface area contributed by atoms with Crippen molar-refractivity contribution in [3.63, 3.8) is 0 Å². The minimum Gasteiger partial charge on any atom is -0.360 e. The van der Waals surface area contributed by atoms with Gasteiger partial charge >= 0.3 is 0 Å². The second-order valence-corrected chi connectivity index (χ2v) is 7.67. The summed E-state index contributed by atoms with van der Waals surface area (Å²) < 4.78 is 0. The van der Waals surface area contributed by atoms with Gasteiger partial charge in [0.25, 0.3) is 0 Å². The Labute approximate surface area is 161 Å². The number of hydrogen-bond acceptors (Lipinski definition) is 8. The van der Waals surface area contributed by atoms with Crippen LogP contribution in [0.2, 0.25) is 0 Å². The van der Waals surface area contributed by atoms with Gasteiger partial charge < -0.3 is 10.6 Å². The summed E-state index contributed by atoms with van der Waals surface area (Å²) in [7, 11) is 0. The Bertz CT molecular complexity index is 646. The van der Waals surface area contributed by atoms with Crippen molar-refractivity contribution in [2.45, 2.75) is 38.5 Å². The number of nitrogens with zero attached hydrogens (tertiary/aromatic N) is 6. The van der Waals surface area contributed by atoms with Crippen molar-refractivity contribution in [1.82, 2.24) is 62.7 Å². The van der Waals surface area contributed by atoms with Gasteiger partial charge in [-0.15, -0.1) is 20.4 Å². The Morgan fingerprint density at radius 2 is 1.19 bits per heavy atom. The normalized spacial score (nSPS) is 11.7. The Morgan fingerprint density at radius 3 is 1.50 bits per heavy atom. The monoisotopic (exact) mass is 398 g/mol. The molecule has 2 aromatic heterocycles. The first-order valence-corrected chi connectivity index (χ1v) is 8.58. The van der Waals surface area contributed by atoms with Gasteiger partial charge in [-0.05, 0) is 24.4 Å². The predicted octanol–water partition coefficient (Wildman–Crippen LogP) is -1.19. The first kappa shape index (κ1) is 19.8. The minimum atomic E-state index is -0.341. The number of hydrazine groups is 1. The molecule has 14 heteroatoms. The Kier molecular flexibility index (Phi) is 6.31. The van der Waals surface area contributed by atoms with E-state index in [0.717, 1.165) is 0 Å². The van der Waals surface area contributed by atoms with Crippen LogP contribution in [0.3, 0.4) is 0 Å². The molecule has 0 spiro atoms. The summed E-state index contributed by atoms with van der Waals surface area (Å²) in [4.78, 5) is 0. The fourth-order valence-electron chi connectivity index (χ4n) is 1.86. The molecule has 12 nitrogen and oxygen atoms in total. The van der Waals surface area contributed by atoms with Crippen molar-refractivity contribution < 1.29 is 0 Å². The molecule has 0 aromatic carbocycles. The highest BCUT2D eigenvalue weighted by atomic mass is 32.1. The summed E-state index contributed by atoms with van der Waals surface area (Å²) in [5, 5.41) is 34.9. The van der Waals surface area contributed by atoms with Crippen LogP contribution in [0.4, 0.5) is 0 Å². The number of aromatic amines is 2. The van der Waals surface area contributed by atoms with Crippen LogP contribution in [0.15, 0.2) is 0 Å². The number of hydrogen-bond donors (Lipinski definition) is 6.